The van der Waals surface area contributed by atoms with Crippen LogP contribution < -0.4 is 5.32 Å². The van der Waals surface area contributed by atoms with Crippen molar-refractivity contribution < 1.29 is 4.42 Å². The molecule has 0 amide bonds. The third-order valence-electron chi connectivity index (χ3n) is 3.36. The normalized spacial score (nSPS) is 12.7. The van der Waals surface area contributed by atoms with Crippen LogP contribution in [0.25, 0.3) is 10.2 Å². The molecule has 0 bridgehead atoms. The van der Waals surface area contributed by atoms with Crippen LogP contribution in [0.4, 0.5) is 5.69 Å². The highest BCUT2D eigenvalue weighted by Gasteiger charge is 2.07. The molecule has 110 valence electrons. The number of aromatic nitrogens is 1. The highest BCUT2D eigenvalue weighted by atomic mass is 32.2. The SMILES string of the molecule is CSc1nc2ccc(NC(C)CCc3ccco3)cc2s1. The van der Waals surface area contributed by atoms with Gasteiger partial charge in [0.1, 0.15) is 5.76 Å². The van der Waals surface area contributed by atoms with Crippen molar-refractivity contribution in [3.8, 4) is 0 Å². The highest BCUT2D eigenvalue weighted by Crippen LogP contribution is 2.30. The van der Waals surface area contributed by atoms with Gasteiger partial charge in [0.2, 0.25) is 0 Å². The molecule has 2 heterocycles. The monoisotopic (exact) mass is 318 g/mol. The summed E-state index contributed by atoms with van der Waals surface area (Å²) in [7, 11) is 0. The minimum Gasteiger partial charge on any atom is -0.469 e. The van der Waals surface area contributed by atoms with Gasteiger partial charge in [0.05, 0.1) is 16.5 Å². The number of nitrogens with zero attached hydrogens (tertiary/aromatic N) is 1. The van der Waals surface area contributed by atoms with E-state index in [2.05, 4.69) is 41.7 Å². The Morgan fingerprint density at radius 2 is 2.29 bits per heavy atom. The molecular weight excluding hydrogens is 300 g/mol. The lowest BCUT2D eigenvalue weighted by atomic mass is 10.1. The molecule has 5 heteroatoms. The van der Waals surface area contributed by atoms with Gasteiger partial charge in [-0.1, -0.05) is 11.8 Å². The Labute approximate surface area is 132 Å². The number of furan rings is 1. The number of nitrogens with one attached hydrogen (secondary N) is 1. The molecule has 1 atom stereocenters. The molecule has 1 N–H and O–H groups in total. The molecule has 3 aromatic rings. The van der Waals surface area contributed by atoms with Gasteiger partial charge in [-0.25, -0.2) is 4.98 Å². The van der Waals surface area contributed by atoms with Crippen LogP contribution in [0.2, 0.25) is 0 Å². The smallest absolute Gasteiger partial charge is 0.150 e. The zero-order valence-electron chi connectivity index (χ0n) is 12.1. The van der Waals surface area contributed by atoms with Crippen molar-refractivity contribution in [3.05, 3.63) is 42.4 Å². The van der Waals surface area contributed by atoms with Gasteiger partial charge in [-0.05, 0) is 49.9 Å². The molecule has 0 aliphatic carbocycles. The molecule has 0 saturated heterocycles. The maximum atomic E-state index is 5.37. The maximum absolute atomic E-state index is 5.37. The van der Waals surface area contributed by atoms with E-state index < -0.39 is 0 Å². The maximum Gasteiger partial charge on any atom is 0.150 e. The molecule has 0 aliphatic rings. The van der Waals surface area contributed by atoms with Crippen LogP contribution in [-0.4, -0.2) is 17.3 Å². The zero-order valence-corrected chi connectivity index (χ0v) is 13.8. The van der Waals surface area contributed by atoms with E-state index in [0.29, 0.717) is 6.04 Å². The van der Waals surface area contributed by atoms with Crippen LogP contribution in [0.5, 0.6) is 0 Å². The van der Waals surface area contributed by atoms with E-state index in [1.807, 2.05) is 12.1 Å². The molecule has 1 unspecified atom stereocenters. The van der Waals surface area contributed by atoms with Crippen molar-refractivity contribution in [1.29, 1.82) is 0 Å². The number of hydrogen-bond acceptors (Lipinski definition) is 5. The number of thiazole rings is 1. The summed E-state index contributed by atoms with van der Waals surface area (Å²) in [5.74, 6) is 1.05. The summed E-state index contributed by atoms with van der Waals surface area (Å²) in [5.41, 5.74) is 2.24. The van der Waals surface area contributed by atoms with Crippen LogP contribution in [0.15, 0.2) is 45.4 Å². The summed E-state index contributed by atoms with van der Waals surface area (Å²) in [6, 6.07) is 10.8. The highest BCUT2D eigenvalue weighted by molar-refractivity contribution is 8.00. The largest absolute Gasteiger partial charge is 0.469 e. The molecule has 3 rings (SSSR count). The van der Waals surface area contributed by atoms with Crippen LogP contribution >= 0.6 is 23.1 Å². The zero-order chi connectivity index (χ0) is 14.7. The molecule has 21 heavy (non-hydrogen) atoms. The third kappa shape index (κ3) is 3.60. The van der Waals surface area contributed by atoms with E-state index in [4.69, 9.17) is 4.42 Å². The van der Waals surface area contributed by atoms with E-state index in [-0.39, 0.29) is 0 Å². The Morgan fingerprint density at radius 1 is 1.38 bits per heavy atom. The first-order valence-electron chi connectivity index (χ1n) is 6.98. The topological polar surface area (TPSA) is 38.1 Å². The van der Waals surface area contributed by atoms with Gasteiger partial charge >= 0.3 is 0 Å². The van der Waals surface area contributed by atoms with Gasteiger partial charge in [0.15, 0.2) is 4.34 Å². The molecule has 0 spiro atoms. The van der Waals surface area contributed by atoms with Gasteiger partial charge in [0.25, 0.3) is 0 Å². The summed E-state index contributed by atoms with van der Waals surface area (Å²) in [5, 5.41) is 3.55. The minimum atomic E-state index is 0.403. The number of hydrogen-bond donors (Lipinski definition) is 1. The molecule has 0 saturated carbocycles. The van der Waals surface area contributed by atoms with Gasteiger partial charge in [-0.15, -0.1) is 11.3 Å². The summed E-state index contributed by atoms with van der Waals surface area (Å²) in [6.07, 6.45) is 5.80. The number of rotatable bonds is 6. The Balaban J connectivity index is 1.63. The molecule has 0 radical (unpaired) electrons. The standard InChI is InChI=1S/C16H18N2OS2/c1-11(5-7-13-4-3-9-19-13)17-12-6-8-14-15(10-12)21-16(18-14)20-2/h3-4,6,8-11,17H,5,7H2,1-2H3. The van der Waals surface area contributed by atoms with Gasteiger partial charge in [-0.3, -0.25) is 0 Å². The van der Waals surface area contributed by atoms with Crippen molar-refractivity contribution >= 4 is 39.0 Å². The second kappa shape index (κ2) is 6.54. The van der Waals surface area contributed by atoms with Gasteiger partial charge in [0, 0.05) is 18.2 Å². The fourth-order valence-corrected chi connectivity index (χ4v) is 3.78. The van der Waals surface area contributed by atoms with Crippen LogP contribution in [0.1, 0.15) is 19.1 Å². The van der Waals surface area contributed by atoms with Crippen LogP contribution in [0.3, 0.4) is 0 Å². The molecule has 3 nitrogen and oxygen atoms in total. The van der Waals surface area contributed by atoms with Gasteiger partial charge in [-0.2, -0.15) is 0 Å². The van der Waals surface area contributed by atoms with Gasteiger partial charge < -0.3 is 9.73 Å². The summed E-state index contributed by atoms with van der Waals surface area (Å²) in [6.45, 7) is 2.20. The number of aryl methyl sites for hydroxylation is 1. The Bertz CT molecular complexity index is 706. The quantitative estimate of drug-likeness (QED) is 0.646. The average molecular weight is 318 g/mol. The van der Waals surface area contributed by atoms with Crippen molar-refractivity contribution in [3.63, 3.8) is 0 Å². The molecule has 0 fully saturated rings. The Kier molecular flexibility index (Phi) is 4.51. The fraction of sp³-hybridized carbons (Fsp3) is 0.312. The van der Waals surface area contributed by atoms with E-state index in [1.165, 1.54) is 4.70 Å². The van der Waals surface area contributed by atoms with Crippen molar-refractivity contribution in [1.82, 2.24) is 4.98 Å². The number of benzene rings is 1. The van der Waals surface area contributed by atoms with Crippen molar-refractivity contribution in [2.75, 3.05) is 11.6 Å². The lowest BCUT2D eigenvalue weighted by Gasteiger charge is -2.14. The lowest BCUT2D eigenvalue weighted by molar-refractivity contribution is 0.495. The van der Waals surface area contributed by atoms with Crippen LogP contribution in [-0.2, 0) is 6.42 Å². The first-order chi connectivity index (χ1) is 10.2. The van der Waals surface area contributed by atoms with Crippen LogP contribution in [0, 0.1) is 0 Å². The van der Waals surface area contributed by atoms with Crippen molar-refractivity contribution in [2.45, 2.75) is 30.1 Å². The lowest BCUT2D eigenvalue weighted by Crippen LogP contribution is -2.15. The second-order valence-electron chi connectivity index (χ2n) is 5.03. The first-order valence-corrected chi connectivity index (χ1v) is 9.02. The number of anilines is 1. The predicted molar refractivity (Wildman–Crippen MR) is 91.5 cm³/mol. The minimum absolute atomic E-state index is 0.403. The fourth-order valence-electron chi connectivity index (χ4n) is 2.25. The predicted octanol–water partition coefficient (Wildman–Crippen LogP) is 5.04. The first kappa shape index (κ1) is 14.5. The summed E-state index contributed by atoms with van der Waals surface area (Å²) >= 11 is 3.44. The van der Waals surface area contributed by atoms with E-state index in [1.54, 1.807) is 29.4 Å². The van der Waals surface area contributed by atoms with E-state index in [0.717, 1.165) is 34.1 Å². The molecule has 1 aromatic carbocycles. The van der Waals surface area contributed by atoms with Crippen molar-refractivity contribution in [2.24, 2.45) is 0 Å². The Hall–Kier alpha value is -1.46. The molecule has 2 aromatic heterocycles. The third-order valence-corrected chi connectivity index (χ3v) is 5.36. The Morgan fingerprint density at radius 3 is 3.05 bits per heavy atom. The number of thioether (sulfide) groups is 1. The molecular formula is C16H18N2OS2. The number of fused-ring (bicyclic) bond motifs is 1. The summed E-state index contributed by atoms with van der Waals surface area (Å²) in [4.78, 5) is 4.56. The summed E-state index contributed by atoms with van der Waals surface area (Å²) < 4.78 is 7.73. The van der Waals surface area contributed by atoms with E-state index >= 15 is 0 Å². The van der Waals surface area contributed by atoms with E-state index in [9.17, 15) is 0 Å². The molecule has 0 aliphatic heterocycles. The average Bonchev–Trinajstić information content (AvgIpc) is 3.13. The second-order valence-corrected chi connectivity index (χ2v) is 7.11.